The van der Waals surface area contributed by atoms with Crippen LogP contribution in [0.2, 0.25) is 0 Å². The molecule has 0 atom stereocenters. The molecule has 0 aromatic carbocycles. The fourth-order valence-electron chi connectivity index (χ4n) is 3.94. The summed E-state index contributed by atoms with van der Waals surface area (Å²) < 4.78 is 11.1. The molecule has 0 aliphatic carbocycles. The van der Waals surface area contributed by atoms with Crippen LogP contribution in [-0.2, 0) is 11.3 Å². The van der Waals surface area contributed by atoms with Crippen LogP contribution in [0.5, 0.6) is 11.6 Å². The van der Waals surface area contributed by atoms with Gasteiger partial charge >= 0.3 is 0 Å². The highest BCUT2D eigenvalue weighted by Crippen LogP contribution is 2.29. The zero-order valence-electron chi connectivity index (χ0n) is 17.1. The van der Waals surface area contributed by atoms with Crippen LogP contribution in [0.3, 0.4) is 0 Å². The maximum absolute atomic E-state index is 12.5. The Morgan fingerprint density at radius 1 is 1.30 bits per heavy atom. The first kappa shape index (κ1) is 19.9. The number of primary amides is 1. The van der Waals surface area contributed by atoms with E-state index >= 15 is 0 Å². The number of carbonyl (C=O) groups excluding carboxylic acids is 2. The third-order valence-electron chi connectivity index (χ3n) is 5.43. The summed E-state index contributed by atoms with van der Waals surface area (Å²) in [5.74, 6) is 1.46. The van der Waals surface area contributed by atoms with Gasteiger partial charge in [0.25, 0.3) is 5.91 Å². The Labute approximate surface area is 174 Å². The third kappa shape index (κ3) is 4.00. The molecule has 30 heavy (non-hydrogen) atoms. The molecular formula is C21H25N5O4. The summed E-state index contributed by atoms with van der Waals surface area (Å²) in [5.41, 5.74) is 7.45. The number of aryl methyl sites for hydroxylation is 1. The lowest BCUT2D eigenvalue weighted by Gasteiger charge is -2.33. The molecule has 2 N–H and O–H groups in total. The number of ether oxygens (including phenoxy) is 2. The molecule has 2 amide bonds. The molecule has 2 aliphatic heterocycles. The Morgan fingerprint density at radius 2 is 2.07 bits per heavy atom. The first-order chi connectivity index (χ1) is 14.4. The highest BCUT2D eigenvalue weighted by molar-refractivity contribution is 6.00. The maximum atomic E-state index is 12.5. The average molecular weight is 411 g/mol. The topological polar surface area (TPSA) is 111 Å². The van der Waals surface area contributed by atoms with Gasteiger partial charge in [-0.3, -0.25) is 9.59 Å². The highest BCUT2D eigenvalue weighted by atomic mass is 16.5. The van der Waals surface area contributed by atoms with Crippen molar-refractivity contribution in [3.63, 3.8) is 0 Å². The van der Waals surface area contributed by atoms with Gasteiger partial charge in [0.05, 0.1) is 31.1 Å². The fraction of sp³-hybridized carbons (Fsp3) is 0.429. The van der Waals surface area contributed by atoms with Gasteiger partial charge in [-0.2, -0.15) is 0 Å². The Balaban J connectivity index is 1.40. The molecule has 9 heteroatoms. The van der Waals surface area contributed by atoms with Crippen molar-refractivity contribution < 1.29 is 19.1 Å². The number of rotatable bonds is 6. The van der Waals surface area contributed by atoms with Gasteiger partial charge in [0.2, 0.25) is 11.8 Å². The lowest BCUT2D eigenvalue weighted by Crippen LogP contribution is -2.39. The van der Waals surface area contributed by atoms with Crippen molar-refractivity contribution in [3.05, 3.63) is 41.2 Å². The van der Waals surface area contributed by atoms with Gasteiger partial charge in [0.1, 0.15) is 24.2 Å². The molecule has 2 aliphatic rings. The molecule has 0 radical (unpaired) electrons. The van der Waals surface area contributed by atoms with E-state index in [1.165, 1.54) is 4.90 Å². The number of hydrogen-bond donors (Lipinski definition) is 1. The summed E-state index contributed by atoms with van der Waals surface area (Å²) in [4.78, 5) is 36.3. The maximum Gasteiger partial charge on any atom is 0.256 e. The van der Waals surface area contributed by atoms with Gasteiger partial charge in [-0.05, 0) is 24.6 Å². The quantitative estimate of drug-likeness (QED) is 0.762. The molecule has 0 bridgehead atoms. The van der Waals surface area contributed by atoms with Crippen molar-refractivity contribution >= 4 is 17.6 Å². The van der Waals surface area contributed by atoms with Crippen LogP contribution in [0, 0.1) is 6.92 Å². The van der Waals surface area contributed by atoms with E-state index in [9.17, 15) is 9.59 Å². The highest BCUT2D eigenvalue weighted by Gasteiger charge is 2.32. The van der Waals surface area contributed by atoms with Crippen molar-refractivity contribution in [1.82, 2.24) is 14.9 Å². The van der Waals surface area contributed by atoms with E-state index < -0.39 is 5.91 Å². The normalized spacial score (nSPS) is 16.5. The van der Waals surface area contributed by atoms with Crippen LogP contribution in [0.1, 0.15) is 34.5 Å². The molecule has 4 heterocycles. The van der Waals surface area contributed by atoms with E-state index in [1.807, 2.05) is 19.1 Å². The molecule has 9 nitrogen and oxygen atoms in total. The number of methoxy groups -OCH3 is 1. The van der Waals surface area contributed by atoms with Crippen LogP contribution in [-0.4, -0.2) is 59.5 Å². The van der Waals surface area contributed by atoms with Gasteiger partial charge in [-0.1, -0.05) is 0 Å². The minimum absolute atomic E-state index is 0.0907. The van der Waals surface area contributed by atoms with Crippen LogP contribution < -0.4 is 20.1 Å². The van der Waals surface area contributed by atoms with Gasteiger partial charge in [0.15, 0.2) is 0 Å². The summed E-state index contributed by atoms with van der Waals surface area (Å²) in [6.45, 7) is 3.79. The van der Waals surface area contributed by atoms with E-state index in [0.717, 1.165) is 43.1 Å². The Bertz CT molecular complexity index is 955. The number of hydrogen-bond acceptors (Lipinski definition) is 7. The number of nitrogens with two attached hydrogens (primary N) is 1. The molecule has 2 aromatic heterocycles. The van der Waals surface area contributed by atoms with Crippen LogP contribution >= 0.6 is 0 Å². The van der Waals surface area contributed by atoms with E-state index in [1.54, 1.807) is 19.4 Å². The smallest absolute Gasteiger partial charge is 0.256 e. The van der Waals surface area contributed by atoms with Crippen molar-refractivity contribution in [2.45, 2.75) is 32.4 Å². The summed E-state index contributed by atoms with van der Waals surface area (Å²) >= 11 is 0. The van der Waals surface area contributed by atoms with Crippen molar-refractivity contribution in [2.24, 2.45) is 5.73 Å². The van der Waals surface area contributed by atoms with Crippen molar-refractivity contribution in [3.8, 4) is 11.6 Å². The number of carbonyl (C=O) groups is 2. The van der Waals surface area contributed by atoms with Crippen LogP contribution in [0.25, 0.3) is 0 Å². The Morgan fingerprint density at radius 3 is 2.70 bits per heavy atom. The number of nitrogens with zero attached hydrogens (tertiary/aromatic N) is 4. The Hall–Kier alpha value is -3.36. The molecule has 0 unspecified atom stereocenters. The standard InChI is InChI=1S/C21H25N5O4/c1-13-9-16-17(11-26(21(16)28)12-18(22)27)24-20(13)25-7-5-14(6-8-25)30-15-3-4-19(29-2)23-10-15/h3-4,9-10,14H,5-8,11-12H2,1-2H3,(H2,22,27). The summed E-state index contributed by atoms with van der Waals surface area (Å²) in [7, 11) is 1.58. The number of fused-ring (bicyclic) bond motifs is 1. The lowest BCUT2D eigenvalue weighted by molar-refractivity contribution is -0.118. The average Bonchev–Trinajstić information content (AvgIpc) is 3.03. The Kier molecular flexibility index (Phi) is 5.43. The molecule has 158 valence electrons. The summed E-state index contributed by atoms with van der Waals surface area (Å²) in [6, 6.07) is 5.51. The number of amides is 2. The van der Waals surface area contributed by atoms with E-state index in [4.69, 9.17) is 20.2 Å². The molecule has 1 saturated heterocycles. The van der Waals surface area contributed by atoms with Gasteiger partial charge < -0.3 is 25.0 Å². The first-order valence-electron chi connectivity index (χ1n) is 9.94. The molecule has 4 rings (SSSR count). The molecule has 2 aromatic rings. The van der Waals surface area contributed by atoms with E-state index in [0.29, 0.717) is 23.7 Å². The second-order valence-electron chi connectivity index (χ2n) is 7.59. The van der Waals surface area contributed by atoms with E-state index in [-0.39, 0.29) is 18.6 Å². The van der Waals surface area contributed by atoms with E-state index in [2.05, 4.69) is 9.88 Å². The number of anilines is 1. The number of aromatic nitrogens is 2. The first-order valence-corrected chi connectivity index (χ1v) is 9.94. The minimum Gasteiger partial charge on any atom is -0.489 e. The number of pyridine rings is 2. The fourth-order valence-corrected chi connectivity index (χ4v) is 3.94. The number of piperidine rings is 1. The largest absolute Gasteiger partial charge is 0.489 e. The molecule has 0 spiro atoms. The minimum atomic E-state index is -0.526. The second kappa shape index (κ2) is 8.17. The van der Waals surface area contributed by atoms with Gasteiger partial charge in [-0.15, -0.1) is 0 Å². The zero-order valence-corrected chi connectivity index (χ0v) is 17.1. The lowest BCUT2D eigenvalue weighted by atomic mass is 10.1. The molecular weight excluding hydrogens is 386 g/mol. The third-order valence-corrected chi connectivity index (χ3v) is 5.43. The van der Waals surface area contributed by atoms with Crippen LogP contribution in [0.4, 0.5) is 5.82 Å². The predicted octanol–water partition coefficient (Wildman–Crippen LogP) is 1.28. The summed E-state index contributed by atoms with van der Waals surface area (Å²) in [5, 5.41) is 0. The zero-order chi connectivity index (χ0) is 21.3. The molecule has 0 saturated carbocycles. The predicted molar refractivity (Wildman–Crippen MR) is 110 cm³/mol. The van der Waals surface area contributed by atoms with Crippen LogP contribution in [0.15, 0.2) is 24.4 Å². The molecule has 1 fully saturated rings. The van der Waals surface area contributed by atoms with Gasteiger partial charge in [0, 0.05) is 32.0 Å². The second-order valence-corrected chi connectivity index (χ2v) is 7.59. The van der Waals surface area contributed by atoms with Crippen molar-refractivity contribution in [2.75, 3.05) is 31.6 Å². The van der Waals surface area contributed by atoms with Crippen molar-refractivity contribution in [1.29, 1.82) is 0 Å². The SMILES string of the molecule is COc1ccc(OC2CCN(c3nc4c(cc3C)C(=O)N(CC(N)=O)C4)CC2)cn1. The van der Waals surface area contributed by atoms with Gasteiger partial charge in [-0.25, -0.2) is 9.97 Å². The monoisotopic (exact) mass is 411 g/mol. The summed E-state index contributed by atoms with van der Waals surface area (Å²) in [6.07, 6.45) is 3.50.